The topological polar surface area (TPSA) is 88.3 Å². The van der Waals surface area contributed by atoms with Crippen LogP contribution in [0.3, 0.4) is 0 Å². The molecule has 1 aromatic heterocycles. The van der Waals surface area contributed by atoms with Gasteiger partial charge in [0.05, 0.1) is 0 Å². The summed E-state index contributed by atoms with van der Waals surface area (Å²) in [6, 6.07) is 21.5. The van der Waals surface area contributed by atoms with Crippen molar-refractivity contribution in [1.82, 2.24) is 4.57 Å². The molecule has 7 nitrogen and oxygen atoms in total. The van der Waals surface area contributed by atoms with Crippen LogP contribution in [0.4, 0.5) is 16.2 Å². The molecular formula is C28H30N4O3S. The Labute approximate surface area is 217 Å². The van der Waals surface area contributed by atoms with Crippen LogP contribution in [-0.4, -0.2) is 21.4 Å². The lowest BCUT2D eigenvalue weighted by Crippen LogP contribution is -2.44. The van der Waals surface area contributed by atoms with Gasteiger partial charge < -0.3 is 19.4 Å². The second kappa shape index (κ2) is 10.0. The number of amides is 1. The lowest BCUT2D eigenvalue weighted by molar-refractivity contribution is -0.0241. The number of rotatable bonds is 2. The van der Waals surface area contributed by atoms with Gasteiger partial charge in [-0.25, -0.2) is 4.79 Å². The summed E-state index contributed by atoms with van der Waals surface area (Å²) >= 11 is 5.22. The highest BCUT2D eigenvalue weighted by Crippen LogP contribution is 2.50. The van der Waals surface area contributed by atoms with Gasteiger partial charge in [0.2, 0.25) is 0 Å². The maximum absolute atomic E-state index is 11.3. The van der Waals surface area contributed by atoms with Crippen LogP contribution in [0.5, 0.6) is 0 Å². The summed E-state index contributed by atoms with van der Waals surface area (Å²) in [6.45, 7) is 5.49. The van der Waals surface area contributed by atoms with Crippen LogP contribution in [0.15, 0.2) is 60.7 Å². The van der Waals surface area contributed by atoms with Crippen LogP contribution in [0.1, 0.15) is 51.3 Å². The number of ether oxygens (including phenoxy) is 2. The van der Waals surface area contributed by atoms with Crippen molar-refractivity contribution in [2.75, 3.05) is 10.6 Å². The van der Waals surface area contributed by atoms with Gasteiger partial charge in [0.1, 0.15) is 23.0 Å². The fraction of sp³-hybridized carbons (Fsp3) is 0.321. The highest BCUT2D eigenvalue weighted by molar-refractivity contribution is 7.80. The molecule has 1 amide bonds. The maximum atomic E-state index is 11.3. The molecule has 5 rings (SSSR count). The number of thiocarbonyl (C=S) groups is 1. The molecule has 0 radical (unpaired) electrons. The standard InChI is InChI=1S/C17H15N3OS.C11H15NO2/c1-20-12(10-18)4-6-15(20)11-3-5-14-13(9-11)17(7-2-8-17)21-16(22)19-14;1-11(2,3)14-10(13)12-9-7-5-4-6-8-9/h3-6,9H,2,7-8H2,1H3,(H,19,22);4-8H,1-3H3,(H,12,13). The second-order valence-corrected chi connectivity index (χ2v) is 10.3. The molecule has 0 saturated heterocycles. The monoisotopic (exact) mass is 502 g/mol. The first-order valence-electron chi connectivity index (χ1n) is 11.9. The predicted molar refractivity (Wildman–Crippen MR) is 145 cm³/mol. The molecule has 1 aliphatic carbocycles. The van der Waals surface area contributed by atoms with Crippen LogP contribution < -0.4 is 10.6 Å². The third-order valence-corrected chi connectivity index (χ3v) is 6.33. The Hall–Kier alpha value is -3.83. The molecule has 0 atom stereocenters. The number of para-hydroxylation sites is 1. The number of carbonyl (C=O) groups excluding carboxylic acids is 1. The summed E-state index contributed by atoms with van der Waals surface area (Å²) < 4.78 is 13.0. The van der Waals surface area contributed by atoms with Gasteiger partial charge in [-0.2, -0.15) is 5.26 Å². The number of nitrogens with zero attached hydrogens (tertiary/aromatic N) is 2. The third kappa shape index (κ3) is 5.52. The zero-order valence-electron chi connectivity index (χ0n) is 20.9. The Morgan fingerprint density at radius 2 is 1.89 bits per heavy atom. The maximum Gasteiger partial charge on any atom is 0.412 e. The fourth-order valence-corrected chi connectivity index (χ4v) is 4.55. The average molecular weight is 503 g/mol. The molecule has 36 heavy (non-hydrogen) atoms. The van der Waals surface area contributed by atoms with Crippen molar-refractivity contribution in [3.8, 4) is 17.3 Å². The Kier molecular flexibility index (Phi) is 7.04. The Balaban J connectivity index is 0.000000189. The van der Waals surface area contributed by atoms with Crippen LogP contribution >= 0.6 is 12.2 Å². The number of nitriles is 1. The first-order chi connectivity index (χ1) is 17.1. The third-order valence-electron chi connectivity index (χ3n) is 6.15. The number of nitrogens with one attached hydrogen (secondary N) is 2. The van der Waals surface area contributed by atoms with Crippen molar-refractivity contribution >= 4 is 34.9 Å². The molecule has 0 unspecified atom stereocenters. The first-order valence-corrected chi connectivity index (χ1v) is 12.3. The Morgan fingerprint density at radius 1 is 1.17 bits per heavy atom. The summed E-state index contributed by atoms with van der Waals surface area (Å²) in [6.07, 6.45) is 2.74. The minimum atomic E-state index is -0.459. The number of hydrogen-bond donors (Lipinski definition) is 2. The molecule has 3 aromatic rings. The van der Waals surface area contributed by atoms with Gasteiger partial charge in [0.15, 0.2) is 0 Å². The summed E-state index contributed by atoms with van der Waals surface area (Å²) in [5.74, 6) is 0. The summed E-state index contributed by atoms with van der Waals surface area (Å²) in [7, 11) is 1.91. The van der Waals surface area contributed by atoms with Gasteiger partial charge >= 0.3 is 6.09 Å². The van der Waals surface area contributed by atoms with Crippen molar-refractivity contribution in [2.24, 2.45) is 7.05 Å². The van der Waals surface area contributed by atoms with E-state index in [2.05, 4.69) is 34.9 Å². The van der Waals surface area contributed by atoms with Gasteiger partial charge in [-0.3, -0.25) is 5.32 Å². The molecule has 0 bridgehead atoms. The van der Waals surface area contributed by atoms with E-state index in [0.29, 0.717) is 10.9 Å². The Bertz CT molecular complexity index is 1310. The van der Waals surface area contributed by atoms with Crippen molar-refractivity contribution < 1.29 is 14.3 Å². The van der Waals surface area contributed by atoms with Crippen molar-refractivity contribution in [3.63, 3.8) is 0 Å². The molecule has 2 aromatic carbocycles. The van der Waals surface area contributed by atoms with Gasteiger partial charge in [-0.05, 0) is 94.2 Å². The van der Waals surface area contributed by atoms with Crippen molar-refractivity contribution in [1.29, 1.82) is 5.26 Å². The van der Waals surface area contributed by atoms with E-state index >= 15 is 0 Å². The molecule has 1 spiro atoms. The number of carbonyl (C=O) groups is 1. The van der Waals surface area contributed by atoms with Gasteiger partial charge in [-0.1, -0.05) is 24.3 Å². The molecule has 186 valence electrons. The highest BCUT2D eigenvalue weighted by Gasteiger charge is 2.46. The van der Waals surface area contributed by atoms with E-state index in [-0.39, 0.29) is 5.60 Å². The molecule has 8 heteroatoms. The number of benzene rings is 2. The van der Waals surface area contributed by atoms with Crippen LogP contribution in [0, 0.1) is 11.3 Å². The number of anilines is 2. The zero-order chi connectivity index (χ0) is 25.9. The first kappa shape index (κ1) is 25.3. The average Bonchev–Trinajstić information content (AvgIpc) is 3.17. The number of fused-ring (bicyclic) bond motifs is 2. The van der Waals surface area contributed by atoms with E-state index in [1.54, 1.807) is 0 Å². The van der Waals surface area contributed by atoms with E-state index in [1.807, 2.05) is 74.9 Å². The number of hydrogen-bond acceptors (Lipinski definition) is 5. The van der Waals surface area contributed by atoms with E-state index < -0.39 is 11.7 Å². The zero-order valence-corrected chi connectivity index (χ0v) is 21.7. The van der Waals surface area contributed by atoms with Gasteiger partial charge in [0.25, 0.3) is 5.17 Å². The smallest absolute Gasteiger partial charge is 0.412 e. The van der Waals surface area contributed by atoms with Crippen LogP contribution in [0.25, 0.3) is 11.3 Å². The molecule has 1 fully saturated rings. The Morgan fingerprint density at radius 3 is 2.47 bits per heavy atom. The predicted octanol–water partition coefficient (Wildman–Crippen LogP) is 6.70. The summed E-state index contributed by atoms with van der Waals surface area (Å²) in [5, 5.41) is 15.4. The molecule has 2 aliphatic rings. The second-order valence-electron chi connectivity index (χ2n) is 9.89. The number of aromatic nitrogens is 1. The SMILES string of the molecule is CC(C)(C)OC(=O)Nc1ccccc1.Cn1c(C#N)ccc1-c1ccc2c(c1)C1(CCC1)OC(=S)N2. The lowest BCUT2D eigenvalue weighted by atomic mass is 9.73. The summed E-state index contributed by atoms with van der Waals surface area (Å²) in [5.41, 5.74) is 5.01. The minimum Gasteiger partial charge on any atom is -0.459 e. The van der Waals surface area contributed by atoms with E-state index in [1.165, 1.54) is 5.56 Å². The molecule has 1 saturated carbocycles. The molecule has 2 heterocycles. The van der Waals surface area contributed by atoms with Crippen LogP contribution in [0.2, 0.25) is 0 Å². The quantitative estimate of drug-likeness (QED) is 0.379. The van der Waals surface area contributed by atoms with Crippen molar-refractivity contribution in [3.05, 3.63) is 71.9 Å². The molecular weight excluding hydrogens is 472 g/mol. The fourth-order valence-electron chi connectivity index (χ4n) is 4.28. The lowest BCUT2D eigenvalue weighted by Gasteiger charge is -2.46. The summed E-state index contributed by atoms with van der Waals surface area (Å²) in [4.78, 5) is 11.3. The van der Waals surface area contributed by atoms with E-state index in [4.69, 9.17) is 27.0 Å². The normalized spacial score (nSPS) is 15.1. The largest absolute Gasteiger partial charge is 0.459 e. The van der Waals surface area contributed by atoms with Gasteiger partial charge in [0, 0.05) is 29.7 Å². The molecule has 2 N–H and O–H groups in total. The molecule has 1 aliphatic heterocycles. The van der Waals surface area contributed by atoms with E-state index in [0.717, 1.165) is 41.9 Å². The van der Waals surface area contributed by atoms with Crippen LogP contribution in [-0.2, 0) is 22.1 Å². The highest BCUT2D eigenvalue weighted by atomic mass is 32.1. The van der Waals surface area contributed by atoms with Crippen molar-refractivity contribution in [2.45, 2.75) is 51.2 Å². The van der Waals surface area contributed by atoms with Gasteiger partial charge in [-0.15, -0.1) is 0 Å². The van der Waals surface area contributed by atoms with E-state index in [9.17, 15) is 4.79 Å². The minimum absolute atomic E-state index is 0.253.